The molecule has 0 radical (unpaired) electrons. The second-order valence-electron chi connectivity index (χ2n) is 3.69. The number of benzene rings is 1. The van der Waals surface area contributed by atoms with Crippen LogP contribution in [-0.2, 0) is 0 Å². The zero-order valence-electron chi connectivity index (χ0n) is 9.84. The number of aliphatic imine (C=N–C) groups is 1. The molecule has 0 unspecified atom stereocenters. The summed E-state index contributed by atoms with van der Waals surface area (Å²) >= 11 is 4.66. The highest BCUT2D eigenvalue weighted by atomic mass is 79.9. The number of allylic oxidation sites excluding steroid dienone is 3. The Balaban J connectivity index is 2.14. The van der Waals surface area contributed by atoms with Crippen LogP contribution in [0.1, 0.15) is 10.4 Å². The van der Waals surface area contributed by atoms with E-state index in [1.54, 1.807) is 24.4 Å². The maximum Gasteiger partial charge on any atom is 0.337 e. The maximum atomic E-state index is 11.1. The van der Waals surface area contributed by atoms with Gasteiger partial charge in [-0.15, -0.1) is 0 Å². The number of carboxylic acid groups (broad SMARTS) is 1. The van der Waals surface area contributed by atoms with E-state index in [2.05, 4.69) is 25.6 Å². The van der Waals surface area contributed by atoms with Crippen LogP contribution in [0.2, 0.25) is 0 Å². The highest BCUT2D eigenvalue weighted by Crippen LogP contribution is 2.26. The maximum absolute atomic E-state index is 11.1. The average Bonchev–Trinajstić information content (AvgIpc) is 2.64. The summed E-state index contributed by atoms with van der Waals surface area (Å²) in [5, 5.41) is 9.12. The van der Waals surface area contributed by atoms with Crippen LogP contribution in [0.5, 0.6) is 0 Å². The molecule has 0 aliphatic carbocycles. The van der Waals surface area contributed by atoms with Crippen molar-refractivity contribution in [1.82, 2.24) is 0 Å². The standard InChI is InChI=1S/C13H11BrN2O2S/c14-9-4-5-11(13(17)18)12(7-9)16-19-10-3-1-2-6-15-8-10/h1-5,7-8,16H,6H2,(H,17,18). The number of rotatable bonds is 4. The van der Waals surface area contributed by atoms with E-state index >= 15 is 0 Å². The quantitative estimate of drug-likeness (QED) is 0.821. The number of carboxylic acids is 1. The van der Waals surface area contributed by atoms with Gasteiger partial charge < -0.3 is 9.83 Å². The Morgan fingerprint density at radius 3 is 3.11 bits per heavy atom. The van der Waals surface area contributed by atoms with E-state index in [0.29, 0.717) is 12.2 Å². The van der Waals surface area contributed by atoms with Crippen molar-refractivity contribution in [3.63, 3.8) is 0 Å². The van der Waals surface area contributed by atoms with Crippen LogP contribution in [0, 0.1) is 0 Å². The van der Waals surface area contributed by atoms with Crippen molar-refractivity contribution in [2.45, 2.75) is 0 Å². The predicted octanol–water partition coefficient (Wildman–Crippen LogP) is 3.73. The Morgan fingerprint density at radius 1 is 1.47 bits per heavy atom. The van der Waals surface area contributed by atoms with E-state index in [1.807, 2.05) is 18.2 Å². The molecule has 1 aromatic rings. The van der Waals surface area contributed by atoms with Gasteiger partial charge in [-0.3, -0.25) is 4.99 Å². The molecule has 1 aliphatic rings. The van der Waals surface area contributed by atoms with E-state index in [-0.39, 0.29) is 5.56 Å². The lowest BCUT2D eigenvalue weighted by Crippen LogP contribution is -2.01. The van der Waals surface area contributed by atoms with Gasteiger partial charge in [0.2, 0.25) is 0 Å². The Bertz CT molecular complexity index is 582. The summed E-state index contributed by atoms with van der Waals surface area (Å²) in [4.78, 5) is 16.2. The van der Waals surface area contributed by atoms with Crippen molar-refractivity contribution < 1.29 is 9.90 Å². The molecule has 2 rings (SSSR count). The first-order valence-corrected chi connectivity index (χ1v) is 7.10. The minimum absolute atomic E-state index is 0.234. The SMILES string of the molecule is O=C(O)c1ccc(Br)cc1NSC1=CC=CCN=C1. The summed E-state index contributed by atoms with van der Waals surface area (Å²) in [5.74, 6) is -0.959. The predicted molar refractivity (Wildman–Crippen MR) is 82.9 cm³/mol. The minimum Gasteiger partial charge on any atom is -0.478 e. The molecule has 2 N–H and O–H groups in total. The van der Waals surface area contributed by atoms with Gasteiger partial charge in [0.05, 0.1) is 17.8 Å². The largest absolute Gasteiger partial charge is 0.478 e. The van der Waals surface area contributed by atoms with Gasteiger partial charge in [0.1, 0.15) is 0 Å². The van der Waals surface area contributed by atoms with Gasteiger partial charge >= 0.3 is 5.97 Å². The van der Waals surface area contributed by atoms with Crippen molar-refractivity contribution in [2.75, 3.05) is 11.3 Å². The minimum atomic E-state index is -0.959. The molecule has 1 aromatic carbocycles. The Labute approximate surface area is 123 Å². The van der Waals surface area contributed by atoms with Gasteiger partial charge in [-0.25, -0.2) is 4.79 Å². The summed E-state index contributed by atoms with van der Waals surface area (Å²) in [6.45, 7) is 0.665. The van der Waals surface area contributed by atoms with Crippen LogP contribution in [0.15, 0.2) is 50.8 Å². The lowest BCUT2D eigenvalue weighted by atomic mass is 10.2. The second kappa shape index (κ2) is 6.58. The van der Waals surface area contributed by atoms with Gasteiger partial charge in [-0.2, -0.15) is 0 Å². The molecule has 1 heterocycles. The molecule has 0 spiro atoms. The molecule has 0 fully saturated rings. The summed E-state index contributed by atoms with van der Waals surface area (Å²) in [6, 6.07) is 5.00. The second-order valence-corrected chi connectivity index (χ2v) is 5.49. The highest BCUT2D eigenvalue weighted by molar-refractivity contribution is 9.10. The molecule has 0 saturated heterocycles. The van der Waals surface area contributed by atoms with Gasteiger partial charge in [-0.05, 0) is 36.2 Å². The molecule has 1 aliphatic heterocycles. The number of aromatic carboxylic acids is 1. The molecule has 0 aromatic heterocycles. The number of carbonyl (C=O) groups is 1. The highest BCUT2D eigenvalue weighted by Gasteiger charge is 2.10. The van der Waals surface area contributed by atoms with Gasteiger partial charge in [0, 0.05) is 15.6 Å². The van der Waals surface area contributed by atoms with Crippen LogP contribution in [-0.4, -0.2) is 23.8 Å². The molecular weight excluding hydrogens is 328 g/mol. The molecule has 19 heavy (non-hydrogen) atoms. The molecule has 0 amide bonds. The monoisotopic (exact) mass is 338 g/mol. The van der Waals surface area contributed by atoms with Crippen LogP contribution in [0.4, 0.5) is 5.69 Å². The molecule has 98 valence electrons. The zero-order chi connectivity index (χ0) is 13.7. The normalized spacial score (nSPS) is 13.8. The van der Waals surface area contributed by atoms with Crippen LogP contribution < -0.4 is 4.72 Å². The number of anilines is 1. The first-order chi connectivity index (χ1) is 9.16. The van der Waals surface area contributed by atoms with E-state index in [1.165, 1.54) is 11.9 Å². The number of halogens is 1. The number of nitrogens with zero attached hydrogens (tertiary/aromatic N) is 1. The first kappa shape index (κ1) is 13.9. The van der Waals surface area contributed by atoms with Crippen molar-refractivity contribution in [1.29, 1.82) is 0 Å². The van der Waals surface area contributed by atoms with Gasteiger partial charge in [-0.1, -0.05) is 28.1 Å². The van der Waals surface area contributed by atoms with E-state index in [4.69, 9.17) is 5.11 Å². The smallest absolute Gasteiger partial charge is 0.337 e. The average molecular weight is 339 g/mol. The van der Waals surface area contributed by atoms with E-state index in [0.717, 1.165) is 9.38 Å². The fourth-order valence-corrected chi connectivity index (χ4v) is 2.46. The van der Waals surface area contributed by atoms with Crippen LogP contribution in [0.3, 0.4) is 0 Å². The van der Waals surface area contributed by atoms with Crippen LogP contribution in [0.25, 0.3) is 0 Å². The number of hydrogen-bond acceptors (Lipinski definition) is 4. The lowest BCUT2D eigenvalue weighted by molar-refractivity contribution is 0.0698. The third kappa shape index (κ3) is 3.97. The van der Waals surface area contributed by atoms with Crippen molar-refractivity contribution in [2.24, 2.45) is 4.99 Å². The lowest BCUT2D eigenvalue weighted by Gasteiger charge is -2.09. The summed E-state index contributed by atoms with van der Waals surface area (Å²) in [6.07, 6.45) is 7.56. The number of hydrogen-bond donors (Lipinski definition) is 2. The molecular formula is C13H11BrN2O2S. The van der Waals surface area contributed by atoms with Crippen LogP contribution >= 0.6 is 27.9 Å². The van der Waals surface area contributed by atoms with Gasteiger partial charge in [0.25, 0.3) is 0 Å². The van der Waals surface area contributed by atoms with Crippen molar-refractivity contribution in [3.05, 3.63) is 51.4 Å². The summed E-state index contributed by atoms with van der Waals surface area (Å²) in [7, 11) is 0. The first-order valence-electron chi connectivity index (χ1n) is 5.49. The third-order valence-electron chi connectivity index (χ3n) is 2.32. The molecule has 0 bridgehead atoms. The third-order valence-corrected chi connectivity index (χ3v) is 3.61. The zero-order valence-corrected chi connectivity index (χ0v) is 12.2. The Morgan fingerprint density at radius 2 is 2.32 bits per heavy atom. The van der Waals surface area contributed by atoms with E-state index < -0.39 is 5.97 Å². The van der Waals surface area contributed by atoms with Crippen molar-refractivity contribution in [3.8, 4) is 0 Å². The fourth-order valence-electron chi connectivity index (χ4n) is 1.43. The molecule has 4 nitrogen and oxygen atoms in total. The molecule has 0 atom stereocenters. The topological polar surface area (TPSA) is 61.7 Å². The molecule has 6 heteroatoms. The summed E-state index contributed by atoms with van der Waals surface area (Å²) in [5.41, 5.74) is 0.784. The van der Waals surface area contributed by atoms with Gasteiger partial charge in [0.15, 0.2) is 0 Å². The Hall–Kier alpha value is -1.53. The fraction of sp³-hybridized carbons (Fsp3) is 0.0769. The number of nitrogens with one attached hydrogen (secondary N) is 1. The Kier molecular flexibility index (Phi) is 4.81. The van der Waals surface area contributed by atoms with E-state index in [9.17, 15) is 4.79 Å². The van der Waals surface area contributed by atoms with Crippen molar-refractivity contribution >= 4 is 45.7 Å². The summed E-state index contributed by atoms with van der Waals surface area (Å²) < 4.78 is 3.87. The molecule has 0 saturated carbocycles.